The Morgan fingerprint density at radius 1 is 0.960 bits per heavy atom. The third-order valence-corrected chi connectivity index (χ3v) is 3.68. The Labute approximate surface area is 147 Å². The number of nitrogens with two attached hydrogens (primary N) is 1. The van der Waals surface area contributed by atoms with E-state index >= 15 is 0 Å². The Kier molecular flexibility index (Phi) is 6.14. The minimum absolute atomic E-state index is 0.0946. The van der Waals surface area contributed by atoms with Crippen molar-refractivity contribution >= 4 is 23.2 Å². The highest BCUT2D eigenvalue weighted by molar-refractivity contribution is 5.95. The number of amides is 2. The van der Waals surface area contributed by atoms with Gasteiger partial charge >= 0.3 is 0 Å². The molecule has 0 saturated carbocycles. The maximum absolute atomic E-state index is 12.1. The van der Waals surface area contributed by atoms with Gasteiger partial charge in [0.1, 0.15) is 5.75 Å². The van der Waals surface area contributed by atoms with Crippen molar-refractivity contribution in [2.24, 2.45) is 5.73 Å². The zero-order valence-corrected chi connectivity index (χ0v) is 14.7. The fourth-order valence-electron chi connectivity index (χ4n) is 2.24. The molecule has 0 aromatic heterocycles. The monoisotopic (exact) mass is 341 g/mol. The van der Waals surface area contributed by atoms with Crippen molar-refractivity contribution in [3.63, 3.8) is 0 Å². The first-order valence-electron chi connectivity index (χ1n) is 7.99. The number of hydrogen-bond donors (Lipinski definition) is 3. The quantitative estimate of drug-likeness (QED) is 0.752. The minimum atomic E-state index is -0.287. The van der Waals surface area contributed by atoms with E-state index in [2.05, 4.69) is 10.6 Å². The van der Waals surface area contributed by atoms with Crippen LogP contribution in [0.25, 0.3) is 0 Å². The fourth-order valence-corrected chi connectivity index (χ4v) is 2.24. The first-order chi connectivity index (χ1) is 11.9. The molecule has 0 radical (unpaired) electrons. The van der Waals surface area contributed by atoms with Gasteiger partial charge in [0, 0.05) is 11.4 Å². The van der Waals surface area contributed by atoms with Gasteiger partial charge in [0.25, 0.3) is 5.91 Å². The summed E-state index contributed by atoms with van der Waals surface area (Å²) in [5.41, 5.74) is 9.42. The van der Waals surface area contributed by atoms with Gasteiger partial charge in [-0.15, -0.1) is 0 Å². The standard InChI is InChI=1S/C19H23N3O3/c1-12-4-5-14(3)17(8-12)25-11-19(24)21-15-7-6-13(2)16(9-15)22-18(23)10-20/h4-9H,10-11,20H2,1-3H3,(H,21,24)(H,22,23). The SMILES string of the molecule is Cc1ccc(C)c(OCC(=O)Nc2ccc(C)c(NC(=O)CN)c2)c1. The molecule has 0 saturated heterocycles. The number of carbonyl (C=O) groups is 2. The first-order valence-corrected chi connectivity index (χ1v) is 7.99. The molecule has 25 heavy (non-hydrogen) atoms. The van der Waals surface area contributed by atoms with Crippen LogP contribution in [0.1, 0.15) is 16.7 Å². The molecule has 0 atom stereocenters. The molecule has 2 rings (SSSR count). The molecule has 6 heteroatoms. The molecule has 132 valence electrons. The number of benzene rings is 2. The highest BCUT2D eigenvalue weighted by Gasteiger charge is 2.08. The maximum atomic E-state index is 12.1. The molecule has 0 aliphatic heterocycles. The van der Waals surface area contributed by atoms with Gasteiger partial charge in [-0.05, 0) is 55.7 Å². The van der Waals surface area contributed by atoms with Crippen molar-refractivity contribution < 1.29 is 14.3 Å². The molecular formula is C19H23N3O3. The van der Waals surface area contributed by atoms with Crippen LogP contribution in [0.2, 0.25) is 0 Å². The van der Waals surface area contributed by atoms with E-state index < -0.39 is 0 Å². The zero-order valence-electron chi connectivity index (χ0n) is 14.7. The average molecular weight is 341 g/mol. The number of anilines is 2. The molecule has 4 N–H and O–H groups in total. The van der Waals surface area contributed by atoms with Gasteiger partial charge in [-0.1, -0.05) is 18.2 Å². The number of hydrogen-bond acceptors (Lipinski definition) is 4. The second-order valence-corrected chi connectivity index (χ2v) is 5.89. The number of nitrogens with one attached hydrogen (secondary N) is 2. The normalized spacial score (nSPS) is 10.2. The Bertz CT molecular complexity index is 787. The lowest BCUT2D eigenvalue weighted by molar-refractivity contribution is -0.118. The number of aryl methyl sites for hydroxylation is 3. The summed E-state index contributed by atoms with van der Waals surface area (Å²) in [6, 6.07) is 11.1. The van der Waals surface area contributed by atoms with Gasteiger partial charge in [-0.3, -0.25) is 9.59 Å². The zero-order chi connectivity index (χ0) is 18.4. The van der Waals surface area contributed by atoms with Crippen LogP contribution in [0.3, 0.4) is 0 Å². The van der Waals surface area contributed by atoms with Crippen molar-refractivity contribution in [1.29, 1.82) is 0 Å². The van der Waals surface area contributed by atoms with E-state index in [1.54, 1.807) is 12.1 Å². The molecule has 0 heterocycles. The molecule has 6 nitrogen and oxygen atoms in total. The van der Waals surface area contributed by atoms with Crippen LogP contribution in [0.5, 0.6) is 5.75 Å². The Morgan fingerprint density at radius 3 is 2.40 bits per heavy atom. The smallest absolute Gasteiger partial charge is 0.262 e. The van der Waals surface area contributed by atoms with Gasteiger partial charge in [0.15, 0.2) is 6.61 Å². The lowest BCUT2D eigenvalue weighted by Gasteiger charge is -2.12. The molecule has 2 aromatic carbocycles. The Balaban J connectivity index is 1.99. The second kappa shape index (κ2) is 8.30. The molecule has 0 aliphatic rings. The molecule has 2 aromatic rings. The van der Waals surface area contributed by atoms with Crippen LogP contribution in [0.4, 0.5) is 11.4 Å². The van der Waals surface area contributed by atoms with E-state index in [1.807, 2.05) is 45.0 Å². The van der Waals surface area contributed by atoms with E-state index in [0.29, 0.717) is 17.1 Å². The van der Waals surface area contributed by atoms with Crippen molar-refractivity contribution in [3.05, 3.63) is 53.1 Å². The average Bonchev–Trinajstić information content (AvgIpc) is 2.58. The topological polar surface area (TPSA) is 93.5 Å². The van der Waals surface area contributed by atoms with Crippen molar-refractivity contribution in [1.82, 2.24) is 0 Å². The highest BCUT2D eigenvalue weighted by atomic mass is 16.5. The van der Waals surface area contributed by atoms with E-state index in [4.69, 9.17) is 10.5 Å². The Hall–Kier alpha value is -2.86. The van der Waals surface area contributed by atoms with E-state index in [9.17, 15) is 9.59 Å². The van der Waals surface area contributed by atoms with E-state index in [1.165, 1.54) is 0 Å². The summed E-state index contributed by atoms with van der Waals surface area (Å²) in [7, 11) is 0. The molecule has 0 bridgehead atoms. The van der Waals surface area contributed by atoms with Crippen molar-refractivity contribution in [2.45, 2.75) is 20.8 Å². The fraction of sp³-hybridized carbons (Fsp3) is 0.263. The summed E-state index contributed by atoms with van der Waals surface area (Å²) in [5.74, 6) is 0.126. The van der Waals surface area contributed by atoms with Gasteiger partial charge in [-0.2, -0.15) is 0 Å². The largest absolute Gasteiger partial charge is 0.483 e. The first kappa shape index (κ1) is 18.5. The van der Waals surface area contributed by atoms with Crippen LogP contribution >= 0.6 is 0 Å². The molecule has 0 aliphatic carbocycles. The minimum Gasteiger partial charge on any atom is -0.483 e. The predicted molar refractivity (Wildman–Crippen MR) is 98.9 cm³/mol. The molecule has 0 unspecified atom stereocenters. The predicted octanol–water partition coefficient (Wildman–Crippen LogP) is 2.53. The van der Waals surface area contributed by atoms with Gasteiger partial charge in [-0.25, -0.2) is 0 Å². The summed E-state index contributed by atoms with van der Waals surface area (Å²) in [6.45, 7) is 5.57. The van der Waals surface area contributed by atoms with Gasteiger partial charge in [0.05, 0.1) is 6.54 Å². The number of rotatable bonds is 6. The third kappa shape index (κ3) is 5.32. The van der Waals surface area contributed by atoms with Crippen LogP contribution in [0.15, 0.2) is 36.4 Å². The van der Waals surface area contributed by atoms with Crippen LogP contribution in [0, 0.1) is 20.8 Å². The van der Waals surface area contributed by atoms with Crippen LogP contribution in [-0.4, -0.2) is 25.0 Å². The van der Waals surface area contributed by atoms with Crippen molar-refractivity contribution in [3.8, 4) is 5.75 Å². The second-order valence-electron chi connectivity index (χ2n) is 5.89. The van der Waals surface area contributed by atoms with Crippen LogP contribution < -0.4 is 21.1 Å². The lowest BCUT2D eigenvalue weighted by atomic mass is 10.1. The van der Waals surface area contributed by atoms with Crippen molar-refractivity contribution in [2.75, 3.05) is 23.8 Å². The number of carbonyl (C=O) groups excluding carboxylic acids is 2. The molecule has 0 spiro atoms. The van der Waals surface area contributed by atoms with E-state index in [-0.39, 0.29) is 25.0 Å². The molecular weight excluding hydrogens is 318 g/mol. The molecule has 0 fully saturated rings. The van der Waals surface area contributed by atoms with E-state index in [0.717, 1.165) is 16.7 Å². The van der Waals surface area contributed by atoms with Crippen LogP contribution in [-0.2, 0) is 9.59 Å². The number of ether oxygens (including phenoxy) is 1. The summed E-state index contributed by atoms with van der Waals surface area (Å²) in [6.07, 6.45) is 0. The molecule has 2 amide bonds. The van der Waals surface area contributed by atoms with Gasteiger partial charge < -0.3 is 21.1 Å². The third-order valence-electron chi connectivity index (χ3n) is 3.68. The lowest BCUT2D eigenvalue weighted by Crippen LogP contribution is -2.23. The summed E-state index contributed by atoms with van der Waals surface area (Å²) >= 11 is 0. The Morgan fingerprint density at radius 2 is 1.68 bits per heavy atom. The van der Waals surface area contributed by atoms with Gasteiger partial charge in [0.2, 0.25) is 5.91 Å². The summed E-state index contributed by atoms with van der Waals surface area (Å²) in [4.78, 5) is 23.6. The maximum Gasteiger partial charge on any atom is 0.262 e. The summed E-state index contributed by atoms with van der Waals surface area (Å²) in [5, 5.41) is 5.46. The summed E-state index contributed by atoms with van der Waals surface area (Å²) < 4.78 is 5.59. The highest BCUT2D eigenvalue weighted by Crippen LogP contribution is 2.21.